The Morgan fingerprint density at radius 1 is 0.647 bits per heavy atom. The monoisotopic (exact) mass is 447 g/mol. The predicted molar refractivity (Wildman–Crippen MR) is 131 cm³/mol. The van der Waals surface area contributed by atoms with Crippen LogP contribution in [0.2, 0.25) is 0 Å². The number of phenolic OH excluding ortho intramolecular Hbond substituents is 1. The molecular weight excluding hydrogens is 426 g/mol. The molecule has 7 nitrogen and oxygen atoms in total. The van der Waals surface area contributed by atoms with E-state index in [1.54, 1.807) is 22.9 Å². The molecule has 4 aromatic heterocycles. The number of aromatic amines is 3. The number of H-pyrrole nitrogens is 3. The van der Waals surface area contributed by atoms with Crippen molar-refractivity contribution >= 4 is 30.2 Å². The van der Waals surface area contributed by atoms with Crippen molar-refractivity contribution in [2.24, 2.45) is 0 Å². The Morgan fingerprint density at radius 2 is 1.18 bits per heavy atom. The Labute approximate surface area is 193 Å². The number of nitrogens with one attached hydrogen (secondary N) is 4. The Kier molecular flexibility index (Phi) is 4.59. The minimum absolute atomic E-state index is 0.0707. The number of fused-ring (bicyclic) bond motifs is 8. The average molecular weight is 447 g/mol. The summed E-state index contributed by atoms with van der Waals surface area (Å²) in [5, 5.41) is 13.7. The highest BCUT2D eigenvalue weighted by atomic mass is 16.3. The molecule has 0 atom stereocenters. The number of aromatic nitrogens is 4. The number of para-hydroxylation sites is 1. The minimum atomic E-state index is -0.407. The van der Waals surface area contributed by atoms with Crippen molar-refractivity contribution in [1.82, 2.24) is 19.6 Å². The summed E-state index contributed by atoms with van der Waals surface area (Å²) in [6, 6.07) is 22.4. The lowest BCUT2D eigenvalue weighted by atomic mass is 10.2. The van der Waals surface area contributed by atoms with Gasteiger partial charge in [0.05, 0.1) is 16.3 Å². The fourth-order valence-electron chi connectivity index (χ4n) is 4.10. The van der Waals surface area contributed by atoms with E-state index in [2.05, 4.69) is 20.4 Å². The van der Waals surface area contributed by atoms with Gasteiger partial charge in [0, 0.05) is 33.5 Å². The molecule has 0 aliphatic carbocycles. The summed E-state index contributed by atoms with van der Waals surface area (Å²) < 4.78 is 1.71. The summed E-state index contributed by atoms with van der Waals surface area (Å²) in [6.07, 6.45) is 8.00. The van der Waals surface area contributed by atoms with E-state index in [0.29, 0.717) is 0 Å². The molecule has 0 spiro atoms. The van der Waals surface area contributed by atoms with E-state index in [1.807, 2.05) is 72.8 Å². The molecule has 0 fully saturated rings. The van der Waals surface area contributed by atoms with E-state index < -0.39 is 5.91 Å². The molecule has 5 heterocycles. The lowest BCUT2D eigenvalue weighted by Gasteiger charge is -2.09. The van der Waals surface area contributed by atoms with Crippen molar-refractivity contribution < 1.29 is 9.90 Å². The Hall–Kier alpha value is -4.91. The summed E-state index contributed by atoms with van der Waals surface area (Å²) in [5.74, 6) is -0.478. The molecule has 1 aliphatic heterocycles. The molecule has 7 heteroatoms. The van der Waals surface area contributed by atoms with Gasteiger partial charge in [-0.1, -0.05) is 12.1 Å². The second-order valence-electron chi connectivity index (χ2n) is 8.16. The van der Waals surface area contributed by atoms with Gasteiger partial charge in [0.15, 0.2) is 0 Å². The summed E-state index contributed by atoms with van der Waals surface area (Å²) in [4.78, 5) is 23.2. The predicted octanol–water partition coefficient (Wildman–Crippen LogP) is 1.19. The number of carbonyl (C=O) groups excluding carboxylic acids is 1. The van der Waals surface area contributed by atoms with Crippen LogP contribution in [0.15, 0.2) is 72.8 Å². The molecular formula is C27H21N5O2. The fourth-order valence-corrected chi connectivity index (χ4v) is 4.10. The van der Waals surface area contributed by atoms with Crippen LogP contribution < -0.4 is 26.8 Å². The zero-order chi connectivity index (χ0) is 23.1. The first-order valence-corrected chi connectivity index (χ1v) is 10.9. The molecule has 6 rings (SSSR count). The highest BCUT2D eigenvalue weighted by Crippen LogP contribution is 2.15. The second-order valence-corrected chi connectivity index (χ2v) is 8.16. The SMILES string of the molecule is O=C(Nn1c2ccc1=Cc1ccc([nH]1)C=c1ccc([nH]1)=Cc1ccc([nH]1)C=2)c1ccccc1O. The van der Waals surface area contributed by atoms with E-state index in [1.165, 1.54) is 6.07 Å². The van der Waals surface area contributed by atoms with Gasteiger partial charge in [0.25, 0.3) is 5.91 Å². The maximum absolute atomic E-state index is 13.0. The quantitative estimate of drug-likeness (QED) is 0.275. The second kappa shape index (κ2) is 7.90. The molecule has 1 aromatic carbocycles. The van der Waals surface area contributed by atoms with Crippen LogP contribution in [-0.2, 0) is 0 Å². The van der Waals surface area contributed by atoms with Crippen molar-refractivity contribution in [3.05, 3.63) is 123 Å². The van der Waals surface area contributed by atoms with Crippen LogP contribution in [0.4, 0.5) is 0 Å². The lowest BCUT2D eigenvalue weighted by Crippen LogP contribution is -2.38. The van der Waals surface area contributed by atoms with Crippen LogP contribution in [0.25, 0.3) is 24.3 Å². The van der Waals surface area contributed by atoms with E-state index >= 15 is 0 Å². The highest BCUT2D eigenvalue weighted by Gasteiger charge is 2.12. The van der Waals surface area contributed by atoms with Crippen LogP contribution in [0, 0.1) is 0 Å². The van der Waals surface area contributed by atoms with Crippen molar-refractivity contribution in [2.75, 3.05) is 5.43 Å². The van der Waals surface area contributed by atoms with E-state index in [4.69, 9.17) is 0 Å². The standard InChI is InChI=1S/C27H21N5O2/c33-26-4-2-1-3-25(26)27(34)31-32-23-11-12-24(32)16-22-10-8-20(30-22)14-18-6-5-17(28-18)13-19-7-9-21(15-23)29-19/h1-16,28-30,33H,(H,31,34). The van der Waals surface area contributed by atoms with Crippen LogP contribution in [0.5, 0.6) is 5.75 Å². The third-order valence-corrected chi connectivity index (χ3v) is 5.73. The van der Waals surface area contributed by atoms with Gasteiger partial charge in [-0.15, -0.1) is 0 Å². The molecule has 166 valence electrons. The molecule has 0 saturated carbocycles. The average Bonchev–Trinajstić information content (AvgIpc) is 3.61. The van der Waals surface area contributed by atoms with Gasteiger partial charge in [0.2, 0.25) is 0 Å². The van der Waals surface area contributed by atoms with Gasteiger partial charge in [0.1, 0.15) is 5.75 Å². The topological polar surface area (TPSA) is 102 Å². The number of phenols is 1. The number of nitrogens with zero attached hydrogens (tertiary/aromatic N) is 1. The van der Waals surface area contributed by atoms with Crippen LogP contribution in [-0.4, -0.2) is 30.6 Å². The van der Waals surface area contributed by atoms with Crippen LogP contribution in [0.3, 0.4) is 0 Å². The molecule has 0 unspecified atom stereocenters. The van der Waals surface area contributed by atoms with Gasteiger partial charge < -0.3 is 20.1 Å². The van der Waals surface area contributed by atoms with Gasteiger partial charge in [-0.25, -0.2) is 0 Å². The zero-order valence-corrected chi connectivity index (χ0v) is 18.0. The number of hydrogen-bond acceptors (Lipinski definition) is 2. The first kappa shape index (κ1) is 19.8. The molecule has 1 amide bonds. The smallest absolute Gasteiger partial charge is 0.273 e. The van der Waals surface area contributed by atoms with Gasteiger partial charge in [-0.2, -0.15) is 0 Å². The van der Waals surface area contributed by atoms with Gasteiger partial charge >= 0.3 is 0 Å². The Morgan fingerprint density at radius 3 is 1.74 bits per heavy atom. The summed E-state index contributed by atoms with van der Waals surface area (Å²) in [5.41, 5.74) is 6.82. The first-order chi connectivity index (χ1) is 16.6. The van der Waals surface area contributed by atoms with E-state index in [0.717, 1.165) is 44.2 Å². The molecule has 1 aliphatic rings. The number of rotatable bonds is 2. The van der Waals surface area contributed by atoms with Crippen LogP contribution >= 0.6 is 0 Å². The lowest BCUT2D eigenvalue weighted by molar-refractivity contribution is 0.100. The molecule has 5 N–H and O–H groups in total. The van der Waals surface area contributed by atoms with Crippen molar-refractivity contribution in [2.45, 2.75) is 0 Å². The largest absolute Gasteiger partial charge is 0.507 e. The Balaban J connectivity index is 1.54. The maximum atomic E-state index is 13.0. The molecule has 5 aromatic rings. The van der Waals surface area contributed by atoms with Crippen molar-refractivity contribution in [1.29, 1.82) is 0 Å². The third-order valence-electron chi connectivity index (χ3n) is 5.73. The number of hydrogen-bond donors (Lipinski definition) is 5. The zero-order valence-electron chi connectivity index (χ0n) is 18.0. The first-order valence-electron chi connectivity index (χ1n) is 10.9. The maximum Gasteiger partial charge on any atom is 0.273 e. The molecule has 8 bridgehead atoms. The van der Waals surface area contributed by atoms with E-state index in [-0.39, 0.29) is 11.3 Å². The molecule has 0 radical (unpaired) electrons. The summed E-state index contributed by atoms with van der Waals surface area (Å²) in [7, 11) is 0. The normalized spacial score (nSPS) is 12.1. The van der Waals surface area contributed by atoms with E-state index in [9.17, 15) is 9.90 Å². The number of aromatic hydroxyl groups is 1. The number of amides is 1. The van der Waals surface area contributed by atoms with Crippen LogP contribution in [0.1, 0.15) is 33.1 Å². The minimum Gasteiger partial charge on any atom is -0.507 e. The highest BCUT2D eigenvalue weighted by molar-refractivity contribution is 6.02. The van der Waals surface area contributed by atoms with Gasteiger partial charge in [-0.05, 0) is 85.0 Å². The number of benzene rings is 1. The number of carbonyl (C=O) groups is 1. The van der Waals surface area contributed by atoms with Gasteiger partial charge in [-0.3, -0.25) is 14.9 Å². The molecule has 0 saturated heterocycles. The van der Waals surface area contributed by atoms with Crippen molar-refractivity contribution in [3.63, 3.8) is 0 Å². The fraction of sp³-hybridized carbons (Fsp3) is 0. The summed E-state index contributed by atoms with van der Waals surface area (Å²) in [6.45, 7) is 0. The summed E-state index contributed by atoms with van der Waals surface area (Å²) >= 11 is 0. The third kappa shape index (κ3) is 3.75. The molecule has 34 heavy (non-hydrogen) atoms. The van der Waals surface area contributed by atoms with Crippen molar-refractivity contribution in [3.8, 4) is 5.75 Å². The Bertz CT molecular complexity index is 1680.